The molecule has 1 atom stereocenters. The SMILES string of the molecule is Cc1c(Cl)cc(NC(=O)N[C@H](CO)c2cnn(C)c2)cc1Cl. The molecule has 2 amide bonds. The minimum absolute atomic E-state index is 0.242. The number of benzene rings is 1. The molecule has 0 saturated carbocycles. The zero-order valence-electron chi connectivity index (χ0n) is 12.1. The summed E-state index contributed by atoms with van der Waals surface area (Å²) in [5, 5.41) is 19.6. The van der Waals surface area contributed by atoms with E-state index in [2.05, 4.69) is 15.7 Å². The highest BCUT2D eigenvalue weighted by molar-refractivity contribution is 6.36. The van der Waals surface area contributed by atoms with E-state index in [-0.39, 0.29) is 6.61 Å². The summed E-state index contributed by atoms with van der Waals surface area (Å²) >= 11 is 12.1. The van der Waals surface area contributed by atoms with Crippen molar-refractivity contribution in [1.29, 1.82) is 0 Å². The summed E-state index contributed by atoms with van der Waals surface area (Å²) in [6.07, 6.45) is 3.31. The summed E-state index contributed by atoms with van der Waals surface area (Å²) in [6.45, 7) is 1.55. The first kappa shape index (κ1) is 16.6. The second-order valence-corrected chi connectivity index (χ2v) is 5.66. The first-order valence-electron chi connectivity index (χ1n) is 6.53. The molecule has 0 saturated heterocycles. The van der Waals surface area contributed by atoms with Crippen molar-refractivity contribution in [3.05, 3.63) is 45.7 Å². The standard InChI is InChI=1S/C14H16Cl2N4O2/c1-8-11(15)3-10(4-12(8)16)18-14(22)19-13(7-21)9-5-17-20(2)6-9/h3-6,13,21H,7H2,1-2H3,(H2,18,19,22)/t13-/m1/s1. The van der Waals surface area contributed by atoms with Crippen LogP contribution in [0, 0.1) is 6.92 Å². The van der Waals surface area contributed by atoms with Gasteiger partial charge in [-0.3, -0.25) is 4.68 Å². The van der Waals surface area contributed by atoms with Gasteiger partial charge in [0, 0.05) is 34.5 Å². The van der Waals surface area contributed by atoms with E-state index in [4.69, 9.17) is 23.2 Å². The van der Waals surface area contributed by atoms with Gasteiger partial charge in [0.1, 0.15) is 0 Å². The monoisotopic (exact) mass is 342 g/mol. The van der Waals surface area contributed by atoms with Crippen molar-refractivity contribution in [3.63, 3.8) is 0 Å². The number of halogens is 2. The fourth-order valence-electron chi connectivity index (χ4n) is 1.90. The molecule has 6 nitrogen and oxygen atoms in total. The molecule has 1 aromatic carbocycles. The molecule has 0 bridgehead atoms. The maximum absolute atomic E-state index is 12.0. The van der Waals surface area contributed by atoms with Gasteiger partial charge in [0.15, 0.2) is 0 Å². The van der Waals surface area contributed by atoms with Crippen LogP contribution in [0.3, 0.4) is 0 Å². The van der Waals surface area contributed by atoms with Crippen LogP contribution in [0.5, 0.6) is 0 Å². The third kappa shape index (κ3) is 3.91. The Morgan fingerprint density at radius 3 is 2.55 bits per heavy atom. The number of rotatable bonds is 4. The molecule has 0 unspecified atom stereocenters. The number of amides is 2. The molecule has 0 radical (unpaired) electrons. The molecule has 8 heteroatoms. The number of hydrogen-bond acceptors (Lipinski definition) is 3. The van der Waals surface area contributed by atoms with E-state index in [9.17, 15) is 9.90 Å². The lowest BCUT2D eigenvalue weighted by Gasteiger charge is -2.16. The molecule has 3 N–H and O–H groups in total. The van der Waals surface area contributed by atoms with E-state index in [0.29, 0.717) is 21.3 Å². The zero-order valence-corrected chi connectivity index (χ0v) is 13.6. The van der Waals surface area contributed by atoms with E-state index in [1.807, 2.05) is 0 Å². The summed E-state index contributed by atoms with van der Waals surface area (Å²) < 4.78 is 1.59. The quantitative estimate of drug-likeness (QED) is 0.799. The van der Waals surface area contributed by atoms with Crippen LogP contribution < -0.4 is 10.6 Å². The van der Waals surface area contributed by atoms with Gasteiger partial charge in [-0.05, 0) is 24.6 Å². The largest absolute Gasteiger partial charge is 0.394 e. The van der Waals surface area contributed by atoms with Gasteiger partial charge in [0.25, 0.3) is 0 Å². The van der Waals surface area contributed by atoms with Crippen molar-refractivity contribution >= 4 is 34.9 Å². The predicted molar refractivity (Wildman–Crippen MR) is 86.4 cm³/mol. The first-order chi connectivity index (χ1) is 10.4. The number of aryl methyl sites for hydroxylation is 1. The summed E-state index contributed by atoms with van der Waals surface area (Å²) in [4.78, 5) is 12.0. The zero-order chi connectivity index (χ0) is 16.3. The molecule has 0 aliphatic carbocycles. The molecule has 22 heavy (non-hydrogen) atoms. The van der Waals surface area contributed by atoms with Gasteiger partial charge >= 0.3 is 6.03 Å². The van der Waals surface area contributed by atoms with Crippen LogP contribution in [-0.4, -0.2) is 27.5 Å². The Labute approximate surface area is 138 Å². The number of aliphatic hydroxyl groups excluding tert-OH is 1. The third-order valence-corrected chi connectivity index (χ3v) is 3.94. The van der Waals surface area contributed by atoms with E-state index >= 15 is 0 Å². The van der Waals surface area contributed by atoms with Crippen LogP contribution in [0.15, 0.2) is 24.5 Å². The van der Waals surface area contributed by atoms with Crippen LogP contribution in [-0.2, 0) is 7.05 Å². The maximum Gasteiger partial charge on any atom is 0.319 e. The van der Waals surface area contributed by atoms with Gasteiger partial charge in [0.05, 0.1) is 18.8 Å². The number of nitrogens with one attached hydrogen (secondary N) is 2. The molecule has 0 fully saturated rings. The van der Waals surface area contributed by atoms with Gasteiger partial charge < -0.3 is 15.7 Å². The Bertz CT molecular complexity index is 664. The fraction of sp³-hybridized carbons (Fsp3) is 0.286. The Balaban J connectivity index is 2.06. The van der Waals surface area contributed by atoms with Crippen LogP contribution in [0.4, 0.5) is 10.5 Å². The molecular weight excluding hydrogens is 327 g/mol. The molecular formula is C14H16Cl2N4O2. The number of hydrogen-bond donors (Lipinski definition) is 3. The summed E-state index contributed by atoms with van der Waals surface area (Å²) in [7, 11) is 1.76. The number of nitrogens with zero attached hydrogens (tertiary/aromatic N) is 2. The van der Waals surface area contributed by atoms with Crippen LogP contribution in [0.25, 0.3) is 0 Å². The molecule has 1 aromatic heterocycles. The second kappa shape index (κ2) is 7.00. The molecule has 1 heterocycles. The number of carbonyl (C=O) groups excluding carboxylic acids is 1. The van der Waals surface area contributed by atoms with E-state index in [1.165, 1.54) is 0 Å². The van der Waals surface area contributed by atoms with Crippen molar-refractivity contribution in [1.82, 2.24) is 15.1 Å². The number of aromatic nitrogens is 2. The predicted octanol–water partition coefficient (Wildman–Crippen LogP) is 2.89. The van der Waals surface area contributed by atoms with Crippen molar-refractivity contribution in [3.8, 4) is 0 Å². The molecule has 0 aliphatic heterocycles. The van der Waals surface area contributed by atoms with Crippen LogP contribution in [0.1, 0.15) is 17.2 Å². The van der Waals surface area contributed by atoms with Crippen molar-refractivity contribution in [2.24, 2.45) is 7.05 Å². The van der Waals surface area contributed by atoms with Gasteiger partial charge in [-0.25, -0.2) is 4.79 Å². The third-order valence-electron chi connectivity index (χ3n) is 3.15. The van der Waals surface area contributed by atoms with Crippen molar-refractivity contribution in [2.45, 2.75) is 13.0 Å². The highest BCUT2D eigenvalue weighted by atomic mass is 35.5. The molecule has 2 rings (SSSR count). The molecule has 118 valence electrons. The fourth-order valence-corrected chi connectivity index (χ4v) is 2.38. The minimum Gasteiger partial charge on any atom is -0.394 e. The van der Waals surface area contributed by atoms with Crippen molar-refractivity contribution < 1.29 is 9.90 Å². The Hall–Kier alpha value is -1.76. The van der Waals surface area contributed by atoms with Gasteiger partial charge in [0.2, 0.25) is 0 Å². The number of carbonyl (C=O) groups is 1. The van der Waals surface area contributed by atoms with Crippen molar-refractivity contribution in [2.75, 3.05) is 11.9 Å². The Kier molecular flexibility index (Phi) is 5.28. The Morgan fingerprint density at radius 1 is 1.41 bits per heavy atom. The summed E-state index contributed by atoms with van der Waals surface area (Å²) in [5.74, 6) is 0. The lowest BCUT2D eigenvalue weighted by atomic mass is 10.2. The average molecular weight is 343 g/mol. The number of aliphatic hydroxyl groups is 1. The number of anilines is 1. The van der Waals surface area contributed by atoms with Crippen LogP contribution >= 0.6 is 23.2 Å². The molecule has 0 aliphatic rings. The topological polar surface area (TPSA) is 79.2 Å². The second-order valence-electron chi connectivity index (χ2n) is 4.85. The summed E-state index contributed by atoms with van der Waals surface area (Å²) in [5.41, 5.74) is 1.93. The van der Waals surface area contributed by atoms with E-state index < -0.39 is 12.1 Å². The Morgan fingerprint density at radius 2 is 2.05 bits per heavy atom. The summed E-state index contributed by atoms with van der Waals surface area (Å²) in [6, 6.07) is 2.20. The lowest BCUT2D eigenvalue weighted by Crippen LogP contribution is -2.34. The van der Waals surface area contributed by atoms with Crippen LogP contribution in [0.2, 0.25) is 10.0 Å². The molecule has 0 spiro atoms. The number of urea groups is 1. The highest BCUT2D eigenvalue weighted by Gasteiger charge is 2.15. The average Bonchev–Trinajstić information content (AvgIpc) is 2.88. The van der Waals surface area contributed by atoms with Gasteiger partial charge in [-0.15, -0.1) is 0 Å². The minimum atomic E-state index is -0.551. The van der Waals surface area contributed by atoms with E-state index in [0.717, 1.165) is 5.56 Å². The molecule has 2 aromatic rings. The maximum atomic E-state index is 12.0. The highest BCUT2D eigenvalue weighted by Crippen LogP contribution is 2.28. The van der Waals surface area contributed by atoms with Gasteiger partial charge in [-0.1, -0.05) is 23.2 Å². The first-order valence-corrected chi connectivity index (χ1v) is 7.29. The van der Waals surface area contributed by atoms with Gasteiger partial charge in [-0.2, -0.15) is 5.10 Å². The smallest absolute Gasteiger partial charge is 0.319 e. The van der Waals surface area contributed by atoms with E-state index in [1.54, 1.807) is 43.2 Å². The lowest BCUT2D eigenvalue weighted by molar-refractivity contribution is 0.225. The normalized spacial score (nSPS) is 12.0.